The first-order valence-electron chi connectivity index (χ1n) is 16.6. The summed E-state index contributed by atoms with van der Waals surface area (Å²) in [6, 6.07) is 11.0. The van der Waals surface area contributed by atoms with Crippen molar-refractivity contribution in [1.82, 2.24) is 30.2 Å². The number of hydrogen-bond acceptors (Lipinski definition) is 12. The zero-order chi connectivity index (χ0) is 38.3. The molecule has 52 heavy (non-hydrogen) atoms. The van der Waals surface area contributed by atoms with E-state index in [1.165, 1.54) is 24.3 Å². The Kier molecular flexibility index (Phi) is 16.4. The molecule has 2 aromatic rings. The van der Waals surface area contributed by atoms with E-state index in [1.54, 1.807) is 43.9 Å². The third-order valence-electron chi connectivity index (χ3n) is 8.37. The summed E-state index contributed by atoms with van der Waals surface area (Å²) >= 11 is 0. The predicted molar refractivity (Wildman–Crippen MR) is 187 cm³/mol. The molecule has 0 aromatic heterocycles. The summed E-state index contributed by atoms with van der Waals surface area (Å²) in [7, 11) is -3.85. The SMILES string of the molecule is NS(=O)(=O)c1ccc(CCNC(=O)C(Cc2ccc(O)cc2)NC(=O)CN2CCN(CC(=O)O)CCN(CC(=O)O)CCN(CC(=O)O)CC2)cc1. The normalized spacial score (nSPS) is 16.6. The Morgan fingerprint density at radius 3 is 1.46 bits per heavy atom. The Hall–Kier alpha value is -4.66. The number of carboxylic acid groups (broad SMARTS) is 3. The van der Waals surface area contributed by atoms with Gasteiger partial charge in [0.1, 0.15) is 11.8 Å². The van der Waals surface area contributed by atoms with Gasteiger partial charge >= 0.3 is 17.9 Å². The summed E-state index contributed by atoms with van der Waals surface area (Å²) in [6.07, 6.45) is 0.449. The Balaban J connectivity index is 1.72. The van der Waals surface area contributed by atoms with Crippen molar-refractivity contribution in [2.24, 2.45) is 5.14 Å². The molecule has 8 N–H and O–H groups in total. The van der Waals surface area contributed by atoms with Gasteiger partial charge in [-0.2, -0.15) is 0 Å². The van der Waals surface area contributed by atoms with Crippen molar-refractivity contribution in [3.05, 3.63) is 59.7 Å². The smallest absolute Gasteiger partial charge is 0.317 e. The first-order chi connectivity index (χ1) is 24.6. The molecular formula is C33H47N7O11S. The van der Waals surface area contributed by atoms with E-state index in [9.17, 15) is 52.8 Å². The lowest BCUT2D eigenvalue weighted by atomic mass is 10.0. The summed E-state index contributed by atoms with van der Waals surface area (Å²) in [4.78, 5) is 68.2. The number of aromatic hydroxyl groups is 1. The van der Waals surface area contributed by atoms with Gasteiger partial charge in [0, 0.05) is 65.3 Å². The zero-order valence-electron chi connectivity index (χ0n) is 28.7. The van der Waals surface area contributed by atoms with Crippen molar-refractivity contribution in [2.45, 2.75) is 23.8 Å². The van der Waals surface area contributed by atoms with Crippen molar-refractivity contribution in [2.75, 3.05) is 85.1 Å². The van der Waals surface area contributed by atoms with Crippen LogP contribution in [-0.2, 0) is 46.8 Å². The van der Waals surface area contributed by atoms with Crippen LogP contribution in [0.3, 0.4) is 0 Å². The summed E-state index contributed by atoms with van der Waals surface area (Å²) in [5, 5.41) is 48.8. The van der Waals surface area contributed by atoms with Gasteiger partial charge in [0.25, 0.3) is 0 Å². The molecule has 18 nitrogen and oxygen atoms in total. The number of carbonyl (C=O) groups excluding carboxylic acids is 2. The monoisotopic (exact) mass is 749 g/mol. The summed E-state index contributed by atoms with van der Waals surface area (Å²) in [6.45, 7) is 0.866. The third-order valence-corrected chi connectivity index (χ3v) is 9.30. The number of amides is 2. The molecule has 0 saturated carbocycles. The highest BCUT2D eigenvalue weighted by molar-refractivity contribution is 7.89. The van der Waals surface area contributed by atoms with E-state index in [4.69, 9.17) is 5.14 Å². The topological polar surface area (TPSA) is 263 Å². The lowest BCUT2D eigenvalue weighted by Crippen LogP contribution is -2.53. The molecule has 0 spiro atoms. The number of phenolic OH excluding ortho intramolecular Hbond substituents is 1. The number of phenols is 1. The standard InChI is InChI=1S/C33H47N7O11S/c34-52(50,51)27-7-3-24(4-8-27)9-10-35-33(49)28(19-25-1-5-26(41)6-2-25)36-29(42)20-37-11-13-38(21-30(43)44)15-17-40(23-32(47)48)18-16-39(14-12-37)22-31(45)46/h1-8,28,41H,9-23H2,(H,35,49)(H,36,42)(H,43,44)(H,45,46)(H,47,48)(H2,34,50,51). The molecule has 1 aliphatic heterocycles. The molecule has 1 atom stereocenters. The second-order valence-electron chi connectivity index (χ2n) is 12.5. The number of sulfonamides is 1. The van der Waals surface area contributed by atoms with Gasteiger partial charge in [0.2, 0.25) is 21.8 Å². The van der Waals surface area contributed by atoms with Crippen LogP contribution in [0.5, 0.6) is 5.75 Å². The first-order valence-corrected chi connectivity index (χ1v) is 18.1. The largest absolute Gasteiger partial charge is 0.508 e. The van der Waals surface area contributed by atoms with E-state index in [0.717, 1.165) is 5.56 Å². The minimum absolute atomic E-state index is 0.0287. The van der Waals surface area contributed by atoms with E-state index in [-0.39, 0.29) is 102 Å². The van der Waals surface area contributed by atoms with Gasteiger partial charge in [-0.1, -0.05) is 24.3 Å². The third kappa shape index (κ3) is 15.7. The summed E-state index contributed by atoms with van der Waals surface area (Å²) in [5.41, 5.74) is 1.40. The highest BCUT2D eigenvalue weighted by Gasteiger charge is 2.25. The van der Waals surface area contributed by atoms with E-state index in [2.05, 4.69) is 10.6 Å². The van der Waals surface area contributed by atoms with Gasteiger partial charge in [-0.25, -0.2) is 13.6 Å². The van der Waals surface area contributed by atoms with Gasteiger partial charge < -0.3 is 31.1 Å². The van der Waals surface area contributed by atoms with Crippen LogP contribution in [0.2, 0.25) is 0 Å². The number of carbonyl (C=O) groups is 5. The van der Waals surface area contributed by atoms with E-state index in [0.29, 0.717) is 12.0 Å². The Bertz CT molecular complexity index is 1590. The number of nitrogens with one attached hydrogen (secondary N) is 2. The maximum Gasteiger partial charge on any atom is 0.317 e. The molecule has 1 heterocycles. The van der Waals surface area contributed by atoms with Crippen molar-refractivity contribution >= 4 is 39.7 Å². The van der Waals surface area contributed by atoms with Crippen LogP contribution in [0, 0.1) is 0 Å². The Labute approximate surface area is 301 Å². The number of aliphatic carboxylic acids is 3. The second-order valence-corrected chi connectivity index (χ2v) is 14.1. The molecule has 2 aromatic carbocycles. The highest BCUT2D eigenvalue weighted by atomic mass is 32.2. The minimum atomic E-state index is -3.85. The molecule has 1 unspecified atom stereocenters. The average molecular weight is 750 g/mol. The minimum Gasteiger partial charge on any atom is -0.508 e. The van der Waals surface area contributed by atoms with Crippen LogP contribution in [0.4, 0.5) is 0 Å². The van der Waals surface area contributed by atoms with E-state index in [1.807, 2.05) is 0 Å². The molecule has 286 valence electrons. The molecule has 0 aliphatic carbocycles. The predicted octanol–water partition coefficient (Wildman–Crippen LogP) is -2.10. The number of nitrogens with zero attached hydrogens (tertiary/aromatic N) is 4. The molecule has 0 radical (unpaired) electrons. The molecule has 19 heteroatoms. The number of rotatable bonds is 16. The molecule has 0 bridgehead atoms. The number of hydrogen-bond donors (Lipinski definition) is 7. The van der Waals surface area contributed by atoms with E-state index >= 15 is 0 Å². The van der Waals surface area contributed by atoms with Crippen molar-refractivity contribution in [3.63, 3.8) is 0 Å². The quantitative estimate of drug-likeness (QED) is 0.0970. The molecule has 1 saturated heterocycles. The van der Waals surface area contributed by atoms with Crippen LogP contribution < -0.4 is 15.8 Å². The summed E-state index contributed by atoms with van der Waals surface area (Å²) in [5.74, 6) is -4.17. The maximum absolute atomic E-state index is 13.5. The first kappa shape index (κ1) is 41.8. The lowest BCUT2D eigenvalue weighted by molar-refractivity contribution is -0.140. The van der Waals surface area contributed by atoms with E-state index < -0.39 is 45.8 Å². The fraction of sp³-hybridized carbons (Fsp3) is 0.485. The molecule has 3 rings (SSSR count). The number of carboxylic acids is 3. The number of primary sulfonamides is 1. The van der Waals surface area contributed by atoms with Gasteiger partial charge in [-0.05, 0) is 41.8 Å². The fourth-order valence-corrected chi connectivity index (χ4v) is 6.12. The Morgan fingerprint density at radius 1 is 0.654 bits per heavy atom. The van der Waals surface area contributed by atoms with Gasteiger partial charge in [0.15, 0.2) is 0 Å². The maximum atomic E-state index is 13.5. The van der Waals surface area contributed by atoms with Crippen LogP contribution in [0.1, 0.15) is 11.1 Å². The zero-order valence-corrected chi connectivity index (χ0v) is 29.5. The number of nitrogens with two attached hydrogens (primary N) is 1. The summed E-state index contributed by atoms with van der Waals surface area (Å²) < 4.78 is 23.1. The molecule has 1 aliphatic rings. The molecule has 1 fully saturated rings. The van der Waals surface area contributed by atoms with Crippen molar-refractivity contribution < 1.29 is 52.8 Å². The van der Waals surface area contributed by atoms with Crippen LogP contribution in [0.15, 0.2) is 53.4 Å². The van der Waals surface area contributed by atoms with Crippen LogP contribution in [0.25, 0.3) is 0 Å². The average Bonchev–Trinajstić information content (AvgIpc) is 3.05. The van der Waals surface area contributed by atoms with Gasteiger partial charge in [-0.15, -0.1) is 0 Å². The van der Waals surface area contributed by atoms with Crippen molar-refractivity contribution in [1.29, 1.82) is 0 Å². The van der Waals surface area contributed by atoms with Crippen molar-refractivity contribution in [3.8, 4) is 5.75 Å². The molecule has 2 amide bonds. The number of benzene rings is 2. The van der Waals surface area contributed by atoms with Gasteiger partial charge in [0.05, 0.1) is 31.1 Å². The second kappa shape index (κ2) is 20.4. The van der Waals surface area contributed by atoms with Gasteiger partial charge in [-0.3, -0.25) is 43.6 Å². The highest BCUT2D eigenvalue weighted by Crippen LogP contribution is 2.12. The Morgan fingerprint density at radius 2 is 1.06 bits per heavy atom. The fourth-order valence-electron chi connectivity index (χ4n) is 5.60. The van der Waals surface area contributed by atoms with Crippen LogP contribution in [-0.4, -0.2) is 169 Å². The lowest BCUT2D eigenvalue weighted by Gasteiger charge is -2.33. The molecular weight excluding hydrogens is 702 g/mol. The van der Waals surface area contributed by atoms with Crippen LogP contribution >= 0.6 is 0 Å².